The molecule has 38 heavy (non-hydrogen) atoms. The second-order valence-corrected chi connectivity index (χ2v) is 12.5. The van der Waals surface area contributed by atoms with Crippen LogP contribution in [0, 0.1) is 0 Å². The molecule has 0 aliphatic heterocycles. The smallest absolute Gasteiger partial charge is 0.147 e. The van der Waals surface area contributed by atoms with Gasteiger partial charge in [-0.15, -0.1) is 0 Å². The van der Waals surface area contributed by atoms with Crippen LogP contribution in [0.2, 0.25) is 0 Å². The summed E-state index contributed by atoms with van der Waals surface area (Å²) in [6.07, 6.45) is 25.0. The molecule has 210 valence electrons. The van der Waals surface area contributed by atoms with E-state index in [0.29, 0.717) is 12.2 Å². The van der Waals surface area contributed by atoms with Gasteiger partial charge in [-0.2, -0.15) is 0 Å². The quantitative estimate of drug-likeness (QED) is 0.134. The van der Waals surface area contributed by atoms with Crippen molar-refractivity contribution in [3.05, 3.63) is 58.1 Å². The Bertz CT molecular complexity index is 964. The van der Waals surface area contributed by atoms with E-state index >= 15 is 0 Å². The summed E-state index contributed by atoms with van der Waals surface area (Å²) in [5.41, 5.74) is 4.52. The van der Waals surface area contributed by atoms with Gasteiger partial charge < -0.3 is 0 Å². The van der Waals surface area contributed by atoms with Gasteiger partial charge in [0.2, 0.25) is 0 Å². The lowest BCUT2D eigenvalue weighted by molar-refractivity contribution is -0.123. The fourth-order valence-electron chi connectivity index (χ4n) is 6.61. The lowest BCUT2D eigenvalue weighted by Gasteiger charge is -2.32. The first-order valence-corrected chi connectivity index (χ1v) is 16.9. The highest BCUT2D eigenvalue weighted by Crippen LogP contribution is 2.55. The SMILES string of the molecule is CCCCCCCCCCCC(=O)C1(CCCCCCCCCCC)c2ccccc2-c2cccc(Br)c21. The minimum Gasteiger partial charge on any atom is -0.298 e. The second-order valence-electron chi connectivity index (χ2n) is 11.7. The predicted molar refractivity (Wildman–Crippen MR) is 169 cm³/mol. The molecule has 1 atom stereocenters. The zero-order valence-corrected chi connectivity index (χ0v) is 26.1. The topological polar surface area (TPSA) is 17.1 Å². The molecule has 0 radical (unpaired) electrons. The first-order chi connectivity index (χ1) is 18.7. The lowest BCUT2D eigenvalue weighted by Crippen LogP contribution is -2.35. The van der Waals surface area contributed by atoms with E-state index in [1.165, 1.54) is 125 Å². The van der Waals surface area contributed by atoms with E-state index in [9.17, 15) is 4.79 Å². The maximum Gasteiger partial charge on any atom is 0.147 e. The summed E-state index contributed by atoms with van der Waals surface area (Å²) in [5.74, 6) is 0.443. The largest absolute Gasteiger partial charge is 0.298 e. The number of ketones is 1. The Hall–Kier alpha value is -1.41. The van der Waals surface area contributed by atoms with Crippen LogP contribution in [0.25, 0.3) is 11.1 Å². The van der Waals surface area contributed by atoms with E-state index in [1.54, 1.807) is 0 Å². The molecule has 0 bridgehead atoms. The summed E-state index contributed by atoms with van der Waals surface area (Å²) < 4.78 is 1.10. The van der Waals surface area contributed by atoms with E-state index in [2.05, 4.69) is 72.2 Å². The van der Waals surface area contributed by atoms with Crippen LogP contribution in [0.15, 0.2) is 46.9 Å². The number of hydrogen-bond acceptors (Lipinski definition) is 1. The first-order valence-electron chi connectivity index (χ1n) is 16.1. The van der Waals surface area contributed by atoms with Gasteiger partial charge in [0, 0.05) is 10.9 Å². The molecule has 1 aliphatic carbocycles. The highest BCUT2D eigenvalue weighted by atomic mass is 79.9. The highest BCUT2D eigenvalue weighted by Gasteiger charge is 2.48. The molecule has 0 fully saturated rings. The maximum atomic E-state index is 14.3. The Morgan fingerprint density at radius 1 is 0.605 bits per heavy atom. The van der Waals surface area contributed by atoms with Gasteiger partial charge in [-0.25, -0.2) is 0 Å². The Kier molecular flexibility index (Phi) is 14.2. The molecule has 1 aliphatic rings. The summed E-state index contributed by atoms with van der Waals surface area (Å²) in [6.45, 7) is 4.56. The van der Waals surface area contributed by atoms with E-state index in [1.807, 2.05) is 0 Å². The molecular weight excluding hydrogens is 528 g/mol. The monoisotopic (exact) mass is 580 g/mol. The van der Waals surface area contributed by atoms with Crippen molar-refractivity contribution < 1.29 is 4.79 Å². The van der Waals surface area contributed by atoms with Crippen LogP contribution in [0.4, 0.5) is 0 Å². The van der Waals surface area contributed by atoms with Gasteiger partial charge in [0.25, 0.3) is 0 Å². The van der Waals surface area contributed by atoms with Gasteiger partial charge in [-0.1, -0.05) is 175 Å². The molecule has 2 aromatic rings. The summed E-state index contributed by atoms with van der Waals surface area (Å²) in [6, 6.07) is 15.2. The van der Waals surface area contributed by atoms with Crippen molar-refractivity contribution in [1.29, 1.82) is 0 Å². The maximum absolute atomic E-state index is 14.3. The van der Waals surface area contributed by atoms with Gasteiger partial charge in [-0.3, -0.25) is 4.79 Å². The molecule has 0 saturated carbocycles. The number of fused-ring (bicyclic) bond motifs is 3. The molecule has 0 amide bonds. The van der Waals surface area contributed by atoms with Crippen LogP contribution < -0.4 is 0 Å². The molecule has 0 N–H and O–H groups in total. The minimum absolute atomic E-state index is 0.443. The summed E-state index contributed by atoms with van der Waals surface area (Å²) in [5, 5.41) is 0. The Morgan fingerprint density at radius 3 is 1.71 bits per heavy atom. The Labute approximate surface area is 242 Å². The second kappa shape index (κ2) is 17.3. The third-order valence-electron chi connectivity index (χ3n) is 8.76. The summed E-state index contributed by atoms with van der Waals surface area (Å²) >= 11 is 3.89. The molecule has 1 nitrogen and oxygen atoms in total. The van der Waals surface area contributed by atoms with Crippen LogP contribution in [0.5, 0.6) is 0 Å². The average Bonchev–Trinajstić information content (AvgIpc) is 3.23. The fourth-order valence-corrected chi connectivity index (χ4v) is 7.31. The van der Waals surface area contributed by atoms with Crippen LogP contribution >= 0.6 is 15.9 Å². The van der Waals surface area contributed by atoms with Crippen LogP contribution in [-0.2, 0) is 10.2 Å². The minimum atomic E-state index is -0.493. The average molecular weight is 582 g/mol. The molecule has 2 aromatic carbocycles. The fraction of sp³-hybridized carbons (Fsp3) is 0.639. The van der Waals surface area contributed by atoms with Crippen molar-refractivity contribution in [2.24, 2.45) is 0 Å². The number of hydrogen-bond donors (Lipinski definition) is 0. The van der Waals surface area contributed by atoms with Crippen LogP contribution in [0.3, 0.4) is 0 Å². The van der Waals surface area contributed by atoms with Gasteiger partial charge in [-0.05, 0) is 41.2 Å². The standard InChI is InChI=1S/C36H53BrO/c1-3-5-7-9-11-13-15-17-19-28-34(38)36(29-22-18-16-14-12-10-8-6-4-2)32-26-21-20-24-30(32)31-25-23-27-33(37)35(31)36/h20-21,23-27H,3-19,22,28-29H2,1-2H3. The van der Waals surface area contributed by atoms with Gasteiger partial charge in [0.15, 0.2) is 0 Å². The van der Waals surface area contributed by atoms with Crippen LogP contribution in [-0.4, -0.2) is 5.78 Å². The van der Waals surface area contributed by atoms with Gasteiger partial charge in [0.05, 0.1) is 5.41 Å². The first kappa shape index (κ1) is 31.1. The van der Waals surface area contributed by atoms with E-state index in [-0.39, 0.29) is 0 Å². The zero-order valence-electron chi connectivity index (χ0n) is 24.5. The molecule has 1 unspecified atom stereocenters. The zero-order chi connectivity index (χ0) is 27.1. The number of Topliss-reactive ketones (excluding diaryl/α,β-unsaturated/α-hetero) is 1. The van der Waals surface area contributed by atoms with Gasteiger partial charge >= 0.3 is 0 Å². The van der Waals surface area contributed by atoms with Crippen molar-refractivity contribution in [3.8, 4) is 11.1 Å². The number of carbonyl (C=O) groups excluding carboxylic acids is 1. The number of carbonyl (C=O) groups is 1. The third kappa shape index (κ3) is 8.30. The predicted octanol–water partition coefficient (Wildman–Crippen LogP) is 12.1. The Balaban J connectivity index is 1.64. The lowest BCUT2D eigenvalue weighted by atomic mass is 9.69. The molecule has 0 spiro atoms. The molecule has 0 aromatic heterocycles. The van der Waals surface area contributed by atoms with E-state index in [4.69, 9.17) is 0 Å². The molecule has 0 heterocycles. The number of rotatable bonds is 21. The van der Waals surface area contributed by atoms with E-state index < -0.39 is 5.41 Å². The van der Waals surface area contributed by atoms with Gasteiger partial charge in [0.1, 0.15) is 5.78 Å². The normalized spacial score (nSPS) is 16.0. The molecule has 3 rings (SSSR count). The summed E-state index contributed by atoms with van der Waals surface area (Å²) in [4.78, 5) is 14.3. The highest BCUT2D eigenvalue weighted by molar-refractivity contribution is 9.10. The Morgan fingerprint density at radius 2 is 1.11 bits per heavy atom. The van der Waals surface area contributed by atoms with Crippen molar-refractivity contribution in [2.75, 3.05) is 0 Å². The number of benzene rings is 2. The van der Waals surface area contributed by atoms with Crippen molar-refractivity contribution >= 4 is 21.7 Å². The third-order valence-corrected chi connectivity index (χ3v) is 9.42. The van der Waals surface area contributed by atoms with Crippen LogP contribution in [0.1, 0.15) is 153 Å². The van der Waals surface area contributed by atoms with E-state index in [0.717, 1.165) is 23.7 Å². The van der Waals surface area contributed by atoms with Crippen molar-refractivity contribution in [2.45, 2.75) is 148 Å². The summed E-state index contributed by atoms with van der Waals surface area (Å²) in [7, 11) is 0. The molecule has 0 saturated heterocycles. The number of halogens is 1. The molecule has 2 heteroatoms. The number of unbranched alkanes of at least 4 members (excludes halogenated alkanes) is 16. The van der Waals surface area contributed by atoms with Crippen molar-refractivity contribution in [3.63, 3.8) is 0 Å². The van der Waals surface area contributed by atoms with Crippen molar-refractivity contribution in [1.82, 2.24) is 0 Å². The molecular formula is C36H53BrO.